The quantitative estimate of drug-likeness (QED) is 0.582. The van der Waals surface area contributed by atoms with Crippen molar-refractivity contribution in [2.45, 2.75) is 62.2 Å². The van der Waals surface area contributed by atoms with E-state index in [-0.39, 0.29) is 18.2 Å². The van der Waals surface area contributed by atoms with E-state index >= 15 is 0 Å². The molecule has 3 aliphatic rings. The molecule has 0 bridgehead atoms. The van der Waals surface area contributed by atoms with Crippen LogP contribution in [0.5, 0.6) is 0 Å². The van der Waals surface area contributed by atoms with Gasteiger partial charge in [-0.1, -0.05) is 0 Å². The molecule has 1 aliphatic heterocycles. The minimum Gasteiger partial charge on any atom is -0.390 e. The first-order chi connectivity index (χ1) is 6.70. The van der Waals surface area contributed by atoms with E-state index in [9.17, 15) is 5.11 Å². The fourth-order valence-electron chi connectivity index (χ4n) is 2.98. The zero-order chi connectivity index (χ0) is 9.76. The highest BCUT2D eigenvalue weighted by Crippen LogP contribution is 2.46. The molecule has 3 rings (SSSR count). The van der Waals surface area contributed by atoms with E-state index in [2.05, 4.69) is 0 Å². The third-order valence-electron chi connectivity index (χ3n) is 3.71. The third kappa shape index (κ3) is 1.15. The largest absolute Gasteiger partial charge is 0.390 e. The normalized spacial score (nSPS) is 50.1. The molecular weight excluding hydrogens is 182 g/mol. The van der Waals surface area contributed by atoms with Gasteiger partial charge in [0.05, 0.1) is 6.10 Å². The van der Waals surface area contributed by atoms with Crippen LogP contribution in [0, 0.1) is 0 Å². The Labute approximate surface area is 83.4 Å². The fraction of sp³-hybridized carbons (Fsp3) is 1.00. The van der Waals surface area contributed by atoms with Gasteiger partial charge in [0.1, 0.15) is 12.2 Å². The van der Waals surface area contributed by atoms with Crippen molar-refractivity contribution in [3.05, 3.63) is 0 Å². The van der Waals surface area contributed by atoms with Crippen LogP contribution in [-0.4, -0.2) is 35.2 Å². The summed E-state index contributed by atoms with van der Waals surface area (Å²) in [6.07, 6.45) is 4.14. The number of rotatable bonds is 0. The lowest BCUT2D eigenvalue weighted by Crippen LogP contribution is -2.35. The molecule has 2 aliphatic carbocycles. The van der Waals surface area contributed by atoms with E-state index in [0.29, 0.717) is 6.42 Å². The lowest BCUT2D eigenvalue weighted by molar-refractivity contribution is -0.184. The van der Waals surface area contributed by atoms with Crippen LogP contribution < -0.4 is 5.73 Å². The maximum Gasteiger partial charge on any atom is 0.169 e. The Morgan fingerprint density at radius 1 is 1.14 bits per heavy atom. The summed E-state index contributed by atoms with van der Waals surface area (Å²) in [4.78, 5) is 0. The second kappa shape index (κ2) is 2.92. The maximum atomic E-state index is 9.73. The van der Waals surface area contributed by atoms with Gasteiger partial charge in [0.2, 0.25) is 0 Å². The first kappa shape index (κ1) is 9.09. The minimum absolute atomic E-state index is 0.0602. The molecular formula is C10H17NO3. The Hall–Kier alpha value is -0.160. The summed E-state index contributed by atoms with van der Waals surface area (Å²) in [5.74, 6) is -0.394. The second-order valence-electron chi connectivity index (χ2n) is 4.75. The topological polar surface area (TPSA) is 64.7 Å². The predicted molar refractivity (Wildman–Crippen MR) is 49.5 cm³/mol. The third-order valence-corrected chi connectivity index (χ3v) is 3.71. The van der Waals surface area contributed by atoms with Crippen LogP contribution in [0.25, 0.3) is 0 Å². The maximum absolute atomic E-state index is 9.73. The standard InChI is InChI=1S/C10H17NO3/c11-6-5-7(12)9-8(6)13-10(14-9)3-1-2-4-10/h6-9,12H,1-5,11H2. The Bertz CT molecular complexity index is 222. The van der Waals surface area contributed by atoms with Gasteiger partial charge >= 0.3 is 0 Å². The van der Waals surface area contributed by atoms with Gasteiger partial charge in [-0.05, 0) is 19.3 Å². The molecule has 1 spiro atoms. The molecule has 14 heavy (non-hydrogen) atoms. The summed E-state index contributed by atoms with van der Waals surface area (Å²) >= 11 is 0. The highest BCUT2D eigenvalue weighted by atomic mass is 16.8. The van der Waals surface area contributed by atoms with Crippen LogP contribution in [-0.2, 0) is 9.47 Å². The van der Waals surface area contributed by atoms with Crippen LogP contribution in [0.3, 0.4) is 0 Å². The van der Waals surface area contributed by atoms with Crippen LogP contribution in [0.1, 0.15) is 32.1 Å². The molecule has 3 fully saturated rings. The van der Waals surface area contributed by atoms with Crippen molar-refractivity contribution in [2.24, 2.45) is 5.73 Å². The fourth-order valence-corrected chi connectivity index (χ4v) is 2.98. The average molecular weight is 199 g/mol. The van der Waals surface area contributed by atoms with Crippen LogP contribution in [0.15, 0.2) is 0 Å². The zero-order valence-electron chi connectivity index (χ0n) is 8.19. The van der Waals surface area contributed by atoms with Crippen molar-refractivity contribution in [1.82, 2.24) is 0 Å². The summed E-state index contributed by atoms with van der Waals surface area (Å²) in [6.45, 7) is 0. The summed E-state index contributed by atoms with van der Waals surface area (Å²) in [5.41, 5.74) is 5.90. The number of nitrogens with two attached hydrogens (primary N) is 1. The van der Waals surface area contributed by atoms with E-state index in [0.717, 1.165) is 25.7 Å². The van der Waals surface area contributed by atoms with E-state index in [1.807, 2.05) is 0 Å². The van der Waals surface area contributed by atoms with Gasteiger partial charge in [0.15, 0.2) is 5.79 Å². The number of ether oxygens (including phenoxy) is 2. The van der Waals surface area contributed by atoms with E-state index in [1.54, 1.807) is 0 Å². The molecule has 0 radical (unpaired) electrons. The molecule has 0 aromatic rings. The Balaban J connectivity index is 1.80. The van der Waals surface area contributed by atoms with Gasteiger partial charge in [-0.25, -0.2) is 0 Å². The van der Waals surface area contributed by atoms with Crippen LogP contribution >= 0.6 is 0 Å². The van der Waals surface area contributed by atoms with Crippen molar-refractivity contribution in [3.8, 4) is 0 Å². The van der Waals surface area contributed by atoms with E-state index in [1.165, 1.54) is 0 Å². The van der Waals surface area contributed by atoms with E-state index in [4.69, 9.17) is 15.2 Å². The van der Waals surface area contributed by atoms with Crippen molar-refractivity contribution >= 4 is 0 Å². The SMILES string of the molecule is NC1CC(O)C2OC3(CCCC3)OC12. The molecule has 4 nitrogen and oxygen atoms in total. The molecule has 0 aromatic heterocycles. The lowest BCUT2D eigenvalue weighted by atomic mass is 10.2. The highest BCUT2D eigenvalue weighted by molar-refractivity contribution is 5.02. The number of aliphatic hydroxyl groups is 1. The number of aliphatic hydroxyl groups excluding tert-OH is 1. The molecule has 2 saturated carbocycles. The molecule has 1 heterocycles. The van der Waals surface area contributed by atoms with Gasteiger partial charge in [-0.3, -0.25) is 0 Å². The van der Waals surface area contributed by atoms with E-state index < -0.39 is 11.9 Å². The number of hydrogen-bond donors (Lipinski definition) is 2. The smallest absolute Gasteiger partial charge is 0.169 e. The highest BCUT2D eigenvalue weighted by Gasteiger charge is 2.56. The second-order valence-corrected chi connectivity index (χ2v) is 4.75. The van der Waals surface area contributed by atoms with Gasteiger partial charge in [-0.15, -0.1) is 0 Å². The Kier molecular flexibility index (Phi) is 1.89. The van der Waals surface area contributed by atoms with Gasteiger partial charge in [0, 0.05) is 18.9 Å². The summed E-state index contributed by atoms with van der Waals surface area (Å²) in [5, 5.41) is 9.73. The average Bonchev–Trinajstić information content (AvgIpc) is 2.79. The molecule has 4 unspecified atom stereocenters. The van der Waals surface area contributed by atoms with Crippen LogP contribution in [0.2, 0.25) is 0 Å². The molecule has 0 aromatic carbocycles. The number of fused-ring (bicyclic) bond motifs is 1. The minimum atomic E-state index is -0.435. The van der Waals surface area contributed by atoms with Crippen LogP contribution in [0.4, 0.5) is 0 Å². The monoisotopic (exact) mass is 199 g/mol. The van der Waals surface area contributed by atoms with Gasteiger partial charge in [-0.2, -0.15) is 0 Å². The molecule has 3 N–H and O–H groups in total. The zero-order valence-corrected chi connectivity index (χ0v) is 8.19. The lowest BCUT2D eigenvalue weighted by Gasteiger charge is -2.24. The van der Waals surface area contributed by atoms with Gasteiger partial charge in [0.25, 0.3) is 0 Å². The first-order valence-electron chi connectivity index (χ1n) is 5.49. The molecule has 0 amide bonds. The molecule has 4 heteroatoms. The first-order valence-corrected chi connectivity index (χ1v) is 5.49. The Morgan fingerprint density at radius 2 is 1.79 bits per heavy atom. The number of hydrogen-bond acceptors (Lipinski definition) is 4. The molecule has 4 atom stereocenters. The summed E-state index contributed by atoms with van der Waals surface area (Å²) in [6, 6.07) is -0.0602. The molecule has 80 valence electrons. The van der Waals surface area contributed by atoms with Crippen molar-refractivity contribution < 1.29 is 14.6 Å². The summed E-state index contributed by atoms with van der Waals surface area (Å²) in [7, 11) is 0. The van der Waals surface area contributed by atoms with Crippen molar-refractivity contribution in [2.75, 3.05) is 0 Å². The van der Waals surface area contributed by atoms with Crippen molar-refractivity contribution in [3.63, 3.8) is 0 Å². The molecule has 1 saturated heterocycles. The van der Waals surface area contributed by atoms with Gasteiger partial charge < -0.3 is 20.3 Å². The predicted octanol–water partition coefficient (Wildman–Crippen LogP) is 0.133. The van der Waals surface area contributed by atoms with Crippen molar-refractivity contribution in [1.29, 1.82) is 0 Å². The Morgan fingerprint density at radius 3 is 2.43 bits per heavy atom. The summed E-state index contributed by atoms with van der Waals surface area (Å²) < 4.78 is 11.8.